The van der Waals surface area contributed by atoms with Gasteiger partial charge < -0.3 is 11.1 Å². The van der Waals surface area contributed by atoms with Gasteiger partial charge in [0.2, 0.25) is 0 Å². The van der Waals surface area contributed by atoms with Crippen LogP contribution in [-0.4, -0.2) is 11.5 Å². The van der Waals surface area contributed by atoms with Crippen molar-refractivity contribution >= 4 is 22.9 Å². The highest BCUT2D eigenvalue weighted by Crippen LogP contribution is 2.20. The number of thiocarbonyl (C=S) groups is 1. The maximum absolute atomic E-state index is 13.7. The van der Waals surface area contributed by atoms with Crippen LogP contribution in [0.2, 0.25) is 0 Å². The van der Waals surface area contributed by atoms with Crippen LogP contribution < -0.4 is 11.1 Å². The third-order valence-electron chi connectivity index (χ3n) is 2.62. The van der Waals surface area contributed by atoms with Gasteiger partial charge in [-0.25, -0.2) is 8.78 Å². The van der Waals surface area contributed by atoms with E-state index in [1.54, 1.807) is 0 Å². The summed E-state index contributed by atoms with van der Waals surface area (Å²) in [6, 6.07) is 2.85. The highest BCUT2D eigenvalue weighted by molar-refractivity contribution is 7.80. The average molecular weight is 272 g/mol. The average Bonchev–Trinajstić information content (AvgIpc) is 2.29. The number of nitrogens with two attached hydrogens (primary N) is 1. The number of halogens is 2. The lowest BCUT2D eigenvalue weighted by molar-refractivity contribution is 0.508. The van der Waals surface area contributed by atoms with Crippen LogP contribution in [0.3, 0.4) is 0 Å². The molecule has 0 heterocycles. The highest BCUT2D eigenvalue weighted by Gasteiger charge is 2.14. The summed E-state index contributed by atoms with van der Waals surface area (Å²) in [4.78, 5) is -0.141. The lowest BCUT2D eigenvalue weighted by atomic mass is 10.1. The zero-order valence-electron chi connectivity index (χ0n) is 10.6. The Bertz CT molecular complexity index is 433. The summed E-state index contributed by atoms with van der Waals surface area (Å²) < 4.78 is 27.2. The Morgan fingerprint density at radius 2 is 2.00 bits per heavy atom. The minimum atomic E-state index is -0.989. The van der Waals surface area contributed by atoms with Gasteiger partial charge in [-0.3, -0.25) is 0 Å². The lowest BCUT2D eigenvalue weighted by Crippen LogP contribution is -2.14. The summed E-state index contributed by atoms with van der Waals surface area (Å²) in [6.07, 6.45) is 1.96. The first-order valence-electron chi connectivity index (χ1n) is 5.95. The van der Waals surface area contributed by atoms with E-state index < -0.39 is 11.6 Å². The molecule has 0 spiro atoms. The maximum atomic E-state index is 13.7. The van der Waals surface area contributed by atoms with Crippen molar-refractivity contribution in [3.05, 3.63) is 29.3 Å². The van der Waals surface area contributed by atoms with Crippen LogP contribution in [0.4, 0.5) is 14.5 Å². The first-order chi connectivity index (χ1) is 8.43. The fraction of sp³-hybridized carbons (Fsp3) is 0.462. The summed E-state index contributed by atoms with van der Waals surface area (Å²) in [5.74, 6) is -1.31. The summed E-state index contributed by atoms with van der Waals surface area (Å²) in [7, 11) is 0. The summed E-state index contributed by atoms with van der Waals surface area (Å²) in [6.45, 7) is 4.86. The molecule has 0 unspecified atom stereocenters. The Morgan fingerprint density at radius 1 is 1.33 bits per heavy atom. The SMILES string of the molecule is CC(C)CCCNc1ccc(C(N)=S)c(F)c1F. The monoisotopic (exact) mass is 272 g/mol. The molecule has 0 saturated carbocycles. The fourth-order valence-electron chi connectivity index (χ4n) is 1.61. The lowest BCUT2D eigenvalue weighted by Gasteiger charge is -2.10. The number of hydrogen-bond acceptors (Lipinski definition) is 2. The van der Waals surface area contributed by atoms with Gasteiger partial charge in [0.1, 0.15) is 4.99 Å². The van der Waals surface area contributed by atoms with Crippen LogP contribution in [-0.2, 0) is 0 Å². The van der Waals surface area contributed by atoms with Crippen LogP contribution in [0, 0.1) is 17.6 Å². The molecular weight excluding hydrogens is 254 g/mol. The summed E-state index contributed by atoms with van der Waals surface area (Å²) in [5.41, 5.74) is 5.38. The van der Waals surface area contributed by atoms with E-state index in [0.717, 1.165) is 12.8 Å². The second-order valence-electron chi connectivity index (χ2n) is 4.62. The molecule has 1 aromatic rings. The van der Waals surface area contributed by atoms with E-state index in [4.69, 9.17) is 5.73 Å². The van der Waals surface area contributed by atoms with Crippen LogP contribution >= 0.6 is 12.2 Å². The number of hydrogen-bond donors (Lipinski definition) is 2. The van der Waals surface area contributed by atoms with Crippen LogP contribution in [0.1, 0.15) is 32.3 Å². The zero-order chi connectivity index (χ0) is 13.7. The molecule has 0 bridgehead atoms. The van der Waals surface area contributed by atoms with Gasteiger partial charge in [0.05, 0.1) is 5.69 Å². The fourth-order valence-corrected chi connectivity index (χ4v) is 1.77. The number of rotatable bonds is 6. The molecular formula is C13H18F2N2S. The van der Waals surface area contributed by atoms with Crippen molar-refractivity contribution in [3.63, 3.8) is 0 Å². The summed E-state index contributed by atoms with van der Waals surface area (Å²) >= 11 is 4.64. The maximum Gasteiger partial charge on any atom is 0.182 e. The van der Waals surface area contributed by atoms with Gasteiger partial charge in [0, 0.05) is 12.1 Å². The van der Waals surface area contributed by atoms with Gasteiger partial charge in [-0.1, -0.05) is 26.1 Å². The third-order valence-corrected chi connectivity index (χ3v) is 2.84. The molecule has 3 N–H and O–H groups in total. The number of benzene rings is 1. The molecule has 100 valence electrons. The van der Waals surface area contributed by atoms with Gasteiger partial charge in [0.25, 0.3) is 0 Å². The molecule has 1 aromatic carbocycles. The van der Waals surface area contributed by atoms with Crippen LogP contribution in [0.25, 0.3) is 0 Å². The Kier molecular flexibility index (Phi) is 5.47. The first-order valence-corrected chi connectivity index (χ1v) is 6.36. The predicted molar refractivity (Wildman–Crippen MR) is 74.8 cm³/mol. The number of anilines is 1. The largest absolute Gasteiger partial charge is 0.389 e. The van der Waals surface area contributed by atoms with Gasteiger partial charge in [-0.15, -0.1) is 0 Å². The van der Waals surface area contributed by atoms with E-state index in [1.165, 1.54) is 12.1 Å². The molecule has 5 heteroatoms. The molecule has 0 fully saturated rings. The molecule has 0 amide bonds. The Balaban J connectivity index is 2.68. The molecule has 0 atom stereocenters. The van der Waals surface area contributed by atoms with Gasteiger partial charge in [-0.05, 0) is 30.9 Å². The minimum absolute atomic E-state index is 0.0600. The Morgan fingerprint density at radius 3 is 2.56 bits per heavy atom. The van der Waals surface area contributed by atoms with E-state index in [2.05, 4.69) is 31.4 Å². The molecule has 0 aliphatic heterocycles. The Hall–Kier alpha value is -1.23. The normalized spacial score (nSPS) is 10.7. The summed E-state index contributed by atoms with van der Waals surface area (Å²) in [5, 5.41) is 2.88. The molecule has 0 radical (unpaired) electrons. The molecule has 0 aliphatic carbocycles. The van der Waals surface area contributed by atoms with E-state index >= 15 is 0 Å². The van der Waals surface area contributed by atoms with E-state index in [-0.39, 0.29) is 16.2 Å². The van der Waals surface area contributed by atoms with Crippen molar-refractivity contribution in [1.82, 2.24) is 0 Å². The molecule has 2 nitrogen and oxygen atoms in total. The van der Waals surface area contributed by atoms with E-state index in [1.807, 2.05) is 0 Å². The first kappa shape index (κ1) is 14.8. The second kappa shape index (κ2) is 6.64. The standard InChI is InChI=1S/C13H18F2N2S/c1-8(2)4-3-7-17-10-6-5-9(13(16)18)11(14)12(10)15/h5-6,8,17H,3-4,7H2,1-2H3,(H2,16,18). The number of nitrogens with one attached hydrogen (secondary N) is 1. The molecule has 1 rings (SSSR count). The third kappa shape index (κ3) is 3.91. The zero-order valence-corrected chi connectivity index (χ0v) is 11.4. The molecule has 18 heavy (non-hydrogen) atoms. The van der Waals surface area contributed by atoms with Crippen molar-refractivity contribution in [2.75, 3.05) is 11.9 Å². The van der Waals surface area contributed by atoms with Crippen molar-refractivity contribution in [3.8, 4) is 0 Å². The van der Waals surface area contributed by atoms with Crippen molar-refractivity contribution < 1.29 is 8.78 Å². The Labute approximate surface area is 112 Å². The second-order valence-corrected chi connectivity index (χ2v) is 5.06. The van der Waals surface area contributed by atoms with Crippen molar-refractivity contribution in [1.29, 1.82) is 0 Å². The minimum Gasteiger partial charge on any atom is -0.389 e. The van der Waals surface area contributed by atoms with Gasteiger partial charge >= 0.3 is 0 Å². The highest BCUT2D eigenvalue weighted by atomic mass is 32.1. The van der Waals surface area contributed by atoms with E-state index in [0.29, 0.717) is 12.5 Å². The van der Waals surface area contributed by atoms with Crippen LogP contribution in [0.15, 0.2) is 12.1 Å². The molecule has 0 saturated heterocycles. The van der Waals surface area contributed by atoms with Gasteiger partial charge in [0.15, 0.2) is 11.6 Å². The molecule has 0 aliphatic rings. The predicted octanol–water partition coefficient (Wildman–Crippen LogP) is 3.45. The van der Waals surface area contributed by atoms with Crippen LogP contribution in [0.5, 0.6) is 0 Å². The quantitative estimate of drug-likeness (QED) is 0.615. The van der Waals surface area contributed by atoms with E-state index in [9.17, 15) is 8.78 Å². The van der Waals surface area contributed by atoms with Gasteiger partial charge in [-0.2, -0.15) is 0 Å². The topological polar surface area (TPSA) is 38.0 Å². The van der Waals surface area contributed by atoms with Crippen molar-refractivity contribution in [2.24, 2.45) is 11.7 Å². The molecule has 0 aromatic heterocycles. The van der Waals surface area contributed by atoms with Crippen molar-refractivity contribution in [2.45, 2.75) is 26.7 Å². The smallest absolute Gasteiger partial charge is 0.182 e.